The molecule has 0 aliphatic carbocycles. The first-order valence-electron chi connectivity index (χ1n) is 5.33. The molecule has 0 spiro atoms. The molecule has 1 N–H and O–H groups in total. The number of hydrogen-bond donors (Lipinski definition) is 1. The predicted octanol–water partition coefficient (Wildman–Crippen LogP) is 3.81. The highest BCUT2D eigenvalue weighted by molar-refractivity contribution is 9.10. The van der Waals surface area contributed by atoms with Gasteiger partial charge >= 0.3 is 0 Å². The average Bonchev–Trinajstić information content (AvgIpc) is 2.25. The van der Waals surface area contributed by atoms with E-state index in [0.29, 0.717) is 17.1 Å². The zero-order chi connectivity index (χ0) is 13.0. The number of carbonyl (C=O) groups excluding carboxylic acids is 1. The predicted molar refractivity (Wildman–Crippen MR) is 71.2 cm³/mol. The number of rotatable bonds is 5. The molecule has 0 fully saturated rings. The van der Waals surface area contributed by atoms with Gasteiger partial charge in [0, 0.05) is 23.5 Å². The molecular formula is C12H14BrClFNO. The molecule has 2 nitrogen and oxygen atoms in total. The van der Waals surface area contributed by atoms with Crippen molar-refractivity contribution >= 4 is 33.3 Å². The third-order valence-electron chi connectivity index (χ3n) is 2.24. The Kier molecular flexibility index (Phi) is 5.56. The quantitative estimate of drug-likeness (QED) is 0.660. The third kappa shape index (κ3) is 4.05. The fourth-order valence-corrected chi connectivity index (χ4v) is 1.82. The van der Waals surface area contributed by atoms with E-state index in [0.717, 1.165) is 0 Å². The van der Waals surface area contributed by atoms with Crippen LogP contribution in [-0.2, 0) is 0 Å². The van der Waals surface area contributed by atoms with Gasteiger partial charge in [-0.3, -0.25) is 4.79 Å². The van der Waals surface area contributed by atoms with Crippen molar-refractivity contribution in [3.05, 3.63) is 33.0 Å². The first-order valence-corrected chi connectivity index (χ1v) is 6.50. The Balaban J connectivity index is 2.73. The maximum absolute atomic E-state index is 13.7. The summed E-state index contributed by atoms with van der Waals surface area (Å²) in [6, 6.07) is 3.33. The van der Waals surface area contributed by atoms with Crippen LogP contribution in [0.3, 0.4) is 0 Å². The smallest absolute Gasteiger partial charge is 0.167 e. The maximum atomic E-state index is 13.7. The minimum atomic E-state index is -0.657. The summed E-state index contributed by atoms with van der Waals surface area (Å²) in [7, 11) is 0. The molecule has 0 atom stereocenters. The van der Waals surface area contributed by atoms with Crippen LogP contribution in [0.25, 0.3) is 0 Å². The zero-order valence-corrected chi connectivity index (χ0v) is 12.0. The van der Waals surface area contributed by atoms with E-state index in [1.54, 1.807) is 6.07 Å². The lowest BCUT2D eigenvalue weighted by Crippen LogP contribution is -2.25. The number of carbonyl (C=O) groups is 1. The molecule has 94 valence electrons. The molecule has 0 amide bonds. The van der Waals surface area contributed by atoms with Gasteiger partial charge in [-0.2, -0.15) is 0 Å². The van der Waals surface area contributed by atoms with Crippen molar-refractivity contribution in [2.45, 2.75) is 26.3 Å². The molecule has 0 aliphatic heterocycles. The van der Waals surface area contributed by atoms with Crippen LogP contribution in [-0.4, -0.2) is 18.4 Å². The summed E-state index contributed by atoms with van der Waals surface area (Å²) in [5.41, 5.74) is 0.0451. The summed E-state index contributed by atoms with van der Waals surface area (Å²) in [5.74, 6) is -0.902. The summed E-state index contributed by atoms with van der Waals surface area (Å²) >= 11 is 8.83. The van der Waals surface area contributed by atoms with Crippen molar-refractivity contribution in [2.24, 2.45) is 0 Å². The summed E-state index contributed by atoms with van der Waals surface area (Å²) in [6.45, 7) is 4.51. The van der Waals surface area contributed by atoms with Crippen LogP contribution in [0.5, 0.6) is 0 Å². The zero-order valence-electron chi connectivity index (χ0n) is 9.69. The van der Waals surface area contributed by atoms with E-state index >= 15 is 0 Å². The second kappa shape index (κ2) is 6.47. The second-order valence-corrected chi connectivity index (χ2v) is 5.24. The summed E-state index contributed by atoms with van der Waals surface area (Å²) in [5, 5.41) is 3.06. The number of hydrogen-bond acceptors (Lipinski definition) is 2. The molecule has 0 saturated carbocycles. The van der Waals surface area contributed by atoms with Crippen molar-refractivity contribution in [1.29, 1.82) is 0 Å². The van der Waals surface area contributed by atoms with Gasteiger partial charge < -0.3 is 5.32 Å². The van der Waals surface area contributed by atoms with E-state index in [2.05, 4.69) is 21.2 Å². The number of benzene rings is 1. The number of Topliss-reactive ketones (excluding diaryl/α,β-unsaturated/α-hetero) is 1. The molecule has 1 aromatic rings. The van der Waals surface area contributed by atoms with Crippen molar-refractivity contribution in [3.63, 3.8) is 0 Å². The highest BCUT2D eigenvalue weighted by Gasteiger charge is 2.16. The SMILES string of the molecule is CC(C)NCCC(=O)c1ccc(Br)c(Cl)c1F. The van der Waals surface area contributed by atoms with E-state index in [9.17, 15) is 9.18 Å². The van der Waals surface area contributed by atoms with Gasteiger partial charge in [-0.25, -0.2) is 4.39 Å². The first kappa shape index (κ1) is 14.6. The molecule has 0 radical (unpaired) electrons. The summed E-state index contributed by atoms with van der Waals surface area (Å²) in [6.07, 6.45) is 0.257. The van der Waals surface area contributed by atoms with Gasteiger partial charge in [-0.05, 0) is 28.1 Å². The average molecular weight is 323 g/mol. The highest BCUT2D eigenvalue weighted by atomic mass is 79.9. The molecule has 17 heavy (non-hydrogen) atoms. The molecule has 0 bridgehead atoms. The van der Waals surface area contributed by atoms with Crippen LogP contribution < -0.4 is 5.32 Å². The Morgan fingerprint density at radius 1 is 1.53 bits per heavy atom. The normalized spacial score (nSPS) is 10.9. The van der Waals surface area contributed by atoms with Crippen LogP contribution in [0.4, 0.5) is 4.39 Å². The first-order chi connectivity index (χ1) is 7.93. The molecule has 1 rings (SSSR count). The topological polar surface area (TPSA) is 29.1 Å². The van der Waals surface area contributed by atoms with Gasteiger partial charge in [0.05, 0.1) is 10.6 Å². The lowest BCUT2D eigenvalue weighted by molar-refractivity contribution is 0.0978. The monoisotopic (exact) mass is 321 g/mol. The van der Waals surface area contributed by atoms with E-state index in [1.807, 2.05) is 13.8 Å². The van der Waals surface area contributed by atoms with Crippen molar-refractivity contribution < 1.29 is 9.18 Å². The molecule has 0 heterocycles. The molecule has 1 aromatic carbocycles. The Bertz CT molecular complexity index is 423. The Morgan fingerprint density at radius 2 is 2.18 bits per heavy atom. The van der Waals surface area contributed by atoms with Gasteiger partial charge in [0.2, 0.25) is 0 Å². The Labute approximate surface area is 114 Å². The largest absolute Gasteiger partial charge is 0.314 e. The second-order valence-electron chi connectivity index (χ2n) is 4.00. The molecular weight excluding hydrogens is 308 g/mol. The van der Waals surface area contributed by atoms with Gasteiger partial charge in [0.1, 0.15) is 0 Å². The fourth-order valence-electron chi connectivity index (χ4n) is 1.35. The van der Waals surface area contributed by atoms with Crippen LogP contribution in [0, 0.1) is 5.82 Å². The van der Waals surface area contributed by atoms with Gasteiger partial charge in [-0.1, -0.05) is 25.4 Å². The Hall–Kier alpha value is -0.450. The third-order valence-corrected chi connectivity index (χ3v) is 3.50. The Morgan fingerprint density at radius 3 is 2.76 bits per heavy atom. The lowest BCUT2D eigenvalue weighted by Gasteiger charge is -2.08. The van der Waals surface area contributed by atoms with Gasteiger partial charge in [-0.15, -0.1) is 0 Å². The maximum Gasteiger partial charge on any atom is 0.167 e. The van der Waals surface area contributed by atoms with Gasteiger partial charge in [0.15, 0.2) is 11.6 Å². The van der Waals surface area contributed by atoms with Crippen molar-refractivity contribution in [3.8, 4) is 0 Å². The van der Waals surface area contributed by atoms with E-state index in [4.69, 9.17) is 11.6 Å². The number of ketones is 1. The lowest BCUT2D eigenvalue weighted by atomic mass is 10.1. The van der Waals surface area contributed by atoms with E-state index < -0.39 is 5.82 Å². The molecule has 0 unspecified atom stereocenters. The van der Waals surface area contributed by atoms with Crippen LogP contribution in [0.2, 0.25) is 5.02 Å². The highest BCUT2D eigenvalue weighted by Crippen LogP contribution is 2.28. The minimum absolute atomic E-state index is 0.0451. The van der Waals surface area contributed by atoms with Crippen LogP contribution >= 0.6 is 27.5 Å². The molecule has 0 aromatic heterocycles. The summed E-state index contributed by atoms with van der Waals surface area (Å²) in [4.78, 5) is 11.8. The van der Waals surface area contributed by atoms with Gasteiger partial charge in [0.25, 0.3) is 0 Å². The number of halogens is 3. The van der Waals surface area contributed by atoms with E-state index in [1.165, 1.54) is 6.07 Å². The van der Waals surface area contributed by atoms with Crippen LogP contribution in [0.1, 0.15) is 30.6 Å². The summed E-state index contributed by atoms with van der Waals surface area (Å²) < 4.78 is 14.1. The molecule has 5 heteroatoms. The van der Waals surface area contributed by atoms with E-state index in [-0.39, 0.29) is 22.8 Å². The molecule has 0 saturated heterocycles. The fraction of sp³-hybridized carbons (Fsp3) is 0.417. The minimum Gasteiger partial charge on any atom is -0.314 e. The number of nitrogens with one attached hydrogen (secondary N) is 1. The standard InChI is InChI=1S/C12H14BrClFNO/c1-7(2)16-6-5-10(17)8-3-4-9(13)11(14)12(8)15/h3-4,7,16H,5-6H2,1-2H3. The molecule has 0 aliphatic rings. The van der Waals surface area contributed by atoms with Crippen molar-refractivity contribution in [1.82, 2.24) is 5.32 Å². The van der Waals surface area contributed by atoms with Crippen LogP contribution in [0.15, 0.2) is 16.6 Å². The van der Waals surface area contributed by atoms with Crippen molar-refractivity contribution in [2.75, 3.05) is 6.54 Å².